The van der Waals surface area contributed by atoms with Gasteiger partial charge in [0.2, 0.25) is 0 Å². The molecule has 2 rings (SSSR count). The quantitative estimate of drug-likeness (QED) is 0.896. The summed E-state index contributed by atoms with van der Waals surface area (Å²) in [5.41, 5.74) is 0.228. The third-order valence-corrected chi connectivity index (χ3v) is 4.72. The van der Waals surface area contributed by atoms with Crippen LogP contribution in [-0.4, -0.2) is 5.54 Å². The second kappa shape index (κ2) is 4.22. The fourth-order valence-electron chi connectivity index (χ4n) is 1.74. The van der Waals surface area contributed by atoms with E-state index in [1.165, 1.54) is 12.8 Å². The van der Waals surface area contributed by atoms with Crippen molar-refractivity contribution in [3.05, 3.63) is 21.0 Å². The predicted molar refractivity (Wildman–Crippen MR) is 67.8 cm³/mol. The van der Waals surface area contributed by atoms with E-state index in [0.29, 0.717) is 0 Å². The summed E-state index contributed by atoms with van der Waals surface area (Å²) in [6, 6.07) is 2.00. The minimum atomic E-state index is 0.228. The zero-order chi connectivity index (χ0) is 11.1. The summed E-state index contributed by atoms with van der Waals surface area (Å²) in [6.07, 6.45) is 2.71. The van der Waals surface area contributed by atoms with Crippen molar-refractivity contribution in [3.8, 4) is 0 Å². The second-order valence-corrected chi connectivity index (χ2v) is 6.26. The average Bonchev–Trinajstić information content (AvgIpc) is 2.93. The van der Waals surface area contributed by atoms with Gasteiger partial charge in [-0.2, -0.15) is 0 Å². The maximum atomic E-state index is 5.52. The molecule has 4 heteroatoms. The van der Waals surface area contributed by atoms with E-state index in [0.717, 1.165) is 27.4 Å². The molecule has 84 valence electrons. The molecule has 2 nitrogen and oxygen atoms in total. The highest BCUT2D eigenvalue weighted by Gasteiger charge is 2.37. The lowest BCUT2D eigenvalue weighted by atomic mass is 9.99. The zero-order valence-corrected chi connectivity index (χ0v) is 12.1. The lowest BCUT2D eigenvalue weighted by Crippen LogP contribution is -2.40. The van der Waals surface area contributed by atoms with Crippen molar-refractivity contribution >= 4 is 31.9 Å². The van der Waals surface area contributed by atoms with Crippen LogP contribution in [0.25, 0.3) is 0 Å². The van der Waals surface area contributed by atoms with Crippen molar-refractivity contribution in [2.75, 3.05) is 0 Å². The molecular weight excluding hydrogens is 322 g/mol. The van der Waals surface area contributed by atoms with Crippen LogP contribution in [0, 0.1) is 5.92 Å². The lowest BCUT2D eigenvalue weighted by Gasteiger charge is -2.25. The van der Waals surface area contributed by atoms with Gasteiger partial charge in [-0.25, -0.2) is 0 Å². The summed E-state index contributed by atoms with van der Waals surface area (Å²) < 4.78 is 7.26. The SMILES string of the molecule is CC(C)(NCc1cc(Br)c(Br)o1)C1CC1. The van der Waals surface area contributed by atoms with E-state index in [4.69, 9.17) is 4.42 Å². The fourth-order valence-corrected chi connectivity index (χ4v) is 2.40. The Kier molecular flexibility index (Phi) is 3.29. The summed E-state index contributed by atoms with van der Waals surface area (Å²) in [5, 5.41) is 3.54. The van der Waals surface area contributed by atoms with Crippen LogP contribution in [0.3, 0.4) is 0 Å². The van der Waals surface area contributed by atoms with Gasteiger partial charge in [-0.1, -0.05) is 0 Å². The summed E-state index contributed by atoms with van der Waals surface area (Å²) >= 11 is 6.75. The predicted octanol–water partition coefficient (Wildman–Crippen LogP) is 4.08. The Morgan fingerprint density at radius 3 is 2.60 bits per heavy atom. The number of hydrogen-bond donors (Lipinski definition) is 1. The normalized spacial score (nSPS) is 17.1. The molecule has 0 atom stereocenters. The molecule has 0 amide bonds. The van der Waals surface area contributed by atoms with Gasteiger partial charge in [-0.05, 0) is 70.5 Å². The summed E-state index contributed by atoms with van der Waals surface area (Å²) in [7, 11) is 0. The monoisotopic (exact) mass is 335 g/mol. The topological polar surface area (TPSA) is 25.2 Å². The molecule has 0 saturated heterocycles. The number of furan rings is 1. The average molecular weight is 337 g/mol. The molecule has 0 aromatic carbocycles. The summed E-state index contributed by atoms with van der Waals surface area (Å²) in [4.78, 5) is 0. The highest BCUT2D eigenvalue weighted by molar-refractivity contribution is 9.13. The van der Waals surface area contributed by atoms with E-state index in [1.54, 1.807) is 0 Å². The van der Waals surface area contributed by atoms with Gasteiger partial charge in [0, 0.05) is 5.54 Å². The molecule has 0 unspecified atom stereocenters. The molecule has 1 saturated carbocycles. The van der Waals surface area contributed by atoms with Gasteiger partial charge in [-0.15, -0.1) is 0 Å². The largest absolute Gasteiger partial charge is 0.452 e. The summed E-state index contributed by atoms with van der Waals surface area (Å²) in [6.45, 7) is 5.31. The first kappa shape index (κ1) is 11.7. The Morgan fingerprint density at radius 1 is 1.47 bits per heavy atom. The molecule has 0 bridgehead atoms. The Bertz CT molecular complexity index is 336. The molecule has 1 fully saturated rings. The molecule has 0 spiro atoms. The van der Waals surface area contributed by atoms with Crippen LogP contribution in [0.2, 0.25) is 0 Å². The third-order valence-electron chi connectivity index (χ3n) is 3.01. The number of nitrogens with one attached hydrogen (secondary N) is 1. The highest BCUT2D eigenvalue weighted by Crippen LogP contribution is 2.39. The van der Waals surface area contributed by atoms with Crippen LogP contribution in [0.4, 0.5) is 0 Å². The fraction of sp³-hybridized carbons (Fsp3) is 0.636. The Labute approximate surface area is 107 Å². The minimum Gasteiger partial charge on any atom is -0.452 e. The van der Waals surface area contributed by atoms with Gasteiger partial charge < -0.3 is 9.73 Å². The van der Waals surface area contributed by atoms with Crippen molar-refractivity contribution in [1.82, 2.24) is 5.32 Å². The van der Waals surface area contributed by atoms with Gasteiger partial charge >= 0.3 is 0 Å². The Hall–Kier alpha value is 0.200. The molecular formula is C11H15Br2NO. The van der Waals surface area contributed by atoms with E-state index in [2.05, 4.69) is 51.0 Å². The van der Waals surface area contributed by atoms with E-state index < -0.39 is 0 Å². The van der Waals surface area contributed by atoms with E-state index in [-0.39, 0.29) is 5.54 Å². The van der Waals surface area contributed by atoms with Gasteiger partial charge in [-0.3, -0.25) is 0 Å². The number of rotatable bonds is 4. The molecule has 1 aliphatic carbocycles. The molecule has 0 radical (unpaired) electrons. The second-order valence-electron chi connectivity index (χ2n) is 4.68. The van der Waals surface area contributed by atoms with E-state index in [1.807, 2.05) is 6.07 Å². The highest BCUT2D eigenvalue weighted by atomic mass is 79.9. The van der Waals surface area contributed by atoms with Gasteiger partial charge in [0.15, 0.2) is 4.67 Å². The number of hydrogen-bond acceptors (Lipinski definition) is 2. The van der Waals surface area contributed by atoms with E-state index in [9.17, 15) is 0 Å². The Balaban J connectivity index is 1.92. The van der Waals surface area contributed by atoms with Crippen LogP contribution >= 0.6 is 31.9 Å². The van der Waals surface area contributed by atoms with Crippen LogP contribution < -0.4 is 5.32 Å². The maximum absolute atomic E-state index is 5.52. The smallest absolute Gasteiger partial charge is 0.183 e. The first-order valence-corrected chi connectivity index (χ1v) is 6.76. The molecule has 15 heavy (non-hydrogen) atoms. The molecule has 1 aromatic rings. The van der Waals surface area contributed by atoms with Crippen LogP contribution in [0.15, 0.2) is 19.6 Å². The summed E-state index contributed by atoms with van der Waals surface area (Å²) in [5.74, 6) is 1.79. The van der Waals surface area contributed by atoms with Gasteiger partial charge in [0.25, 0.3) is 0 Å². The standard InChI is InChI=1S/C11H15Br2NO/c1-11(2,7-3-4-7)14-6-8-5-9(12)10(13)15-8/h5,7,14H,3-4,6H2,1-2H3. The zero-order valence-electron chi connectivity index (χ0n) is 8.94. The maximum Gasteiger partial charge on any atom is 0.183 e. The van der Waals surface area contributed by atoms with Crippen molar-refractivity contribution < 1.29 is 4.42 Å². The lowest BCUT2D eigenvalue weighted by molar-refractivity contribution is 0.321. The molecule has 1 N–H and O–H groups in total. The molecule has 1 heterocycles. The number of halogens is 2. The van der Waals surface area contributed by atoms with Crippen molar-refractivity contribution in [3.63, 3.8) is 0 Å². The van der Waals surface area contributed by atoms with Crippen molar-refractivity contribution in [2.45, 2.75) is 38.8 Å². The Morgan fingerprint density at radius 2 is 2.13 bits per heavy atom. The van der Waals surface area contributed by atoms with Crippen LogP contribution in [0.1, 0.15) is 32.4 Å². The molecule has 1 aromatic heterocycles. The minimum absolute atomic E-state index is 0.228. The third kappa shape index (κ3) is 2.86. The first-order valence-electron chi connectivity index (χ1n) is 5.18. The van der Waals surface area contributed by atoms with Crippen LogP contribution in [0.5, 0.6) is 0 Å². The van der Waals surface area contributed by atoms with Crippen LogP contribution in [-0.2, 0) is 6.54 Å². The van der Waals surface area contributed by atoms with Crippen molar-refractivity contribution in [2.24, 2.45) is 5.92 Å². The van der Waals surface area contributed by atoms with Gasteiger partial charge in [0.1, 0.15) is 5.76 Å². The molecule has 0 aliphatic heterocycles. The van der Waals surface area contributed by atoms with Gasteiger partial charge in [0.05, 0.1) is 11.0 Å². The molecule has 1 aliphatic rings. The van der Waals surface area contributed by atoms with E-state index >= 15 is 0 Å². The first-order chi connectivity index (χ1) is 6.99. The van der Waals surface area contributed by atoms with Crippen molar-refractivity contribution in [1.29, 1.82) is 0 Å².